The Hall–Kier alpha value is -0.570. The first-order chi connectivity index (χ1) is 12.7. The highest BCUT2D eigenvalue weighted by molar-refractivity contribution is 5.84. The summed E-state index contributed by atoms with van der Waals surface area (Å²) in [5.41, 5.74) is 5.91. The van der Waals surface area contributed by atoms with Crippen LogP contribution in [0.2, 0.25) is 0 Å². The van der Waals surface area contributed by atoms with Gasteiger partial charge in [-0.2, -0.15) is 0 Å². The highest BCUT2D eigenvalue weighted by atomic mass is 15.1. The minimum Gasteiger partial charge on any atom is -0.368 e. The van der Waals surface area contributed by atoms with Gasteiger partial charge in [-0.15, -0.1) is 0 Å². The molecule has 1 aliphatic heterocycles. The van der Waals surface area contributed by atoms with Gasteiger partial charge in [-0.25, -0.2) is 0 Å². The van der Waals surface area contributed by atoms with Crippen LogP contribution in [0.15, 0.2) is 4.99 Å². The molecule has 0 spiro atoms. The Balaban J connectivity index is 1.73. The molecule has 0 aromatic heterocycles. The summed E-state index contributed by atoms with van der Waals surface area (Å²) in [6.07, 6.45) is 23.9. The van der Waals surface area contributed by atoms with Gasteiger partial charge in [0.1, 0.15) is 0 Å². The molecule has 3 N–H and O–H groups in total. The molecule has 3 heteroatoms. The fraction of sp³-hybridized carbons (Fsp3) is 0.957. The van der Waals surface area contributed by atoms with E-state index >= 15 is 0 Å². The molecule has 0 radical (unpaired) electrons. The maximum Gasteiger partial charge on any atom is 0.0967 e. The van der Waals surface area contributed by atoms with Crippen LogP contribution < -0.4 is 11.1 Å². The maximum atomic E-state index is 5.91. The number of hydrogen-bond donors (Lipinski definition) is 2. The molecule has 0 aromatic rings. The molecule has 0 saturated heterocycles. The Morgan fingerprint density at radius 3 is 1.62 bits per heavy atom. The number of hydrogen-bond acceptors (Lipinski definition) is 3. The first-order valence-corrected chi connectivity index (χ1v) is 11.8. The molecule has 0 bridgehead atoms. The SMILES string of the molecule is CCCCCCCCCCCCCCCCCCC1=NCC(C(C)N)N1. The summed E-state index contributed by atoms with van der Waals surface area (Å²) in [5.74, 6) is 1.19. The predicted octanol–water partition coefficient (Wildman–Crippen LogP) is 6.36. The Labute approximate surface area is 164 Å². The van der Waals surface area contributed by atoms with E-state index in [1.165, 1.54) is 109 Å². The van der Waals surface area contributed by atoms with Crippen LogP contribution in [0.3, 0.4) is 0 Å². The molecule has 0 saturated carbocycles. The van der Waals surface area contributed by atoms with Crippen LogP contribution in [0.4, 0.5) is 0 Å². The van der Waals surface area contributed by atoms with Crippen molar-refractivity contribution >= 4 is 5.84 Å². The summed E-state index contributed by atoms with van der Waals surface area (Å²) >= 11 is 0. The van der Waals surface area contributed by atoms with Crippen LogP contribution in [0.5, 0.6) is 0 Å². The second-order valence-electron chi connectivity index (χ2n) is 8.45. The van der Waals surface area contributed by atoms with Crippen molar-refractivity contribution in [2.24, 2.45) is 10.7 Å². The quantitative estimate of drug-likeness (QED) is 0.278. The average Bonchev–Trinajstić information content (AvgIpc) is 3.10. The van der Waals surface area contributed by atoms with Gasteiger partial charge in [-0.3, -0.25) is 4.99 Å². The molecule has 1 heterocycles. The zero-order chi connectivity index (χ0) is 18.9. The summed E-state index contributed by atoms with van der Waals surface area (Å²) in [4.78, 5) is 4.57. The third-order valence-electron chi connectivity index (χ3n) is 5.73. The van der Waals surface area contributed by atoms with Crippen LogP contribution in [0.1, 0.15) is 123 Å². The number of nitrogens with zero attached hydrogens (tertiary/aromatic N) is 1. The number of nitrogens with one attached hydrogen (secondary N) is 1. The summed E-state index contributed by atoms with van der Waals surface area (Å²) in [6.45, 7) is 5.22. The molecule has 154 valence electrons. The minimum absolute atomic E-state index is 0.196. The van der Waals surface area contributed by atoms with E-state index in [0.29, 0.717) is 6.04 Å². The smallest absolute Gasteiger partial charge is 0.0967 e. The first kappa shape index (κ1) is 23.5. The second kappa shape index (κ2) is 16.6. The molecule has 26 heavy (non-hydrogen) atoms. The van der Waals surface area contributed by atoms with Crippen LogP contribution in [0, 0.1) is 0 Å². The van der Waals surface area contributed by atoms with Crippen LogP contribution in [-0.2, 0) is 0 Å². The topological polar surface area (TPSA) is 50.4 Å². The summed E-state index contributed by atoms with van der Waals surface area (Å²) in [5, 5.41) is 3.47. The number of aliphatic imine (C=N–C) groups is 1. The molecule has 0 amide bonds. The Morgan fingerprint density at radius 2 is 1.23 bits per heavy atom. The van der Waals surface area contributed by atoms with Crippen molar-refractivity contribution in [3.8, 4) is 0 Å². The molecule has 2 atom stereocenters. The molecular formula is C23H47N3. The van der Waals surface area contributed by atoms with Gasteiger partial charge in [0, 0.05) is 12.5 Å². The number of rotatable bonds is 18. The van der Waals surface area contributed by atoms with Crippen molar-refractivity contribution in [1.82, 2.24) is 5.32 Å². The Morgan fingerprint density at radius 1 is 0.808 bits per heavy atom. The van der Waals surface area contributed by atoms with E-state index in [0.717, 1.165) is 13.0 Å². The lowest BCUT2D eigenvalue weighted by Crippen LogP contribution is -2.43. The maximum absolute atomic E-state index is 5.91. The largest absolute Gasteiger partial charge is 0.368 e. The van der Waals surface area contributed by atoms with E-state index in [1.807, 2.05) is 0 Å². The minimum atomic E-state index is 0.196. The van der Waals surface area contributed by atoms with E-state index in [4.69, 9.17) is 5.73 Å². The van der Waals surface area contributed by atoms with E-state index in [9.17, 15) is 0 Å². The van der Waals surface area contributed by atoms with E-state index in [-0.39, 0.29) is 6.04 Å². The molecule has 0 aliphatic carbocycles. The normalized spacial score (nSPS) is 18.0. The summed E-state index contributed by atoms with van der Waals surface area (Å²) in [6, 6.07) is 0.563. The lowest BCUT2D eigenvalue weighted by Gasteiger charge is -2.15. The second-order valence-corrected chi connectivity index (χ2v) is 8.45. The monoisotopic (exact) mass is 365 g/mol. The first-order valence-electron chi connectivity index (χ1n) is 11.8. The highest BCUT2D eigenvalue weighted by Gasteiger charge is 2.19. The lowest BCUT2D eigenvalue weighted by atomic mass is 10.0. The zero-order valence-corrected chi connectivity index (χ0v) is 17.9. The van der Waals surface area contributed by atoms with Crippen LogP contribution in [0.25, 0.3) is 0 Å². The Kier molecular flexibility index (Phi) is 15.0. The summed E-state index contributed by atoms with van der Waals surface area (Å²) < 4.78 is 0. The Bertz CT molecular complexity index is 338. The highest BCUT2D eigenvalue weighted by Crippen LogP contribution is 2.14. The van der Waals surface area contributed by atoms with Crippen LogP contribution in [-0.4, -0.2) is 24.5 Å². The third-order valence-corrected chi connectivity index (χ3v) is 5.73. The van der Waals surface area contributed by atoms with Crippen molar-refractivity contribution < 1.29 is 0 Å². The average molecular weight is 366 g/mol. The summed E-state index contributed by atoms with van der Waals surface area (Å²) in [7, 11) is 0. The van der Waals surface area contributed by atoms with Gasteiger partial charge in [0.05, 0.1) is 18.4 Å². The van der Waals surface area contributed by atoms with Crippen LogP contribution >= 0.6 is 0 Å². The van der Waals surface area contributed by atoms with Crippen molar-refractivity contribution in [1.29, 1.82) is 0 Å². The van der Waals surface area contributed by atoms with Crippen molar-refractivity contribution in [3.05, 3.63) is 0 Å². The van der Waals surface area contributed by atoms with Gasteiger partial charge in [0.2, 0.25) is 0 Å². The van der Waals surface area contributed by atoms with Gasteiger partial charge in [0.15, 0.2) is 0 Å². The molecule has 1 aliphatic rings. The van der Waals surface area contributed by atoms with Gasteiger partial charge < -0.3 is 11.1 Å². The molecule has 0 fully saturated rings. The van der Waals surface area contributed by atoms with Crippen molar-refractivity contribution in [3.63, 3.8) is 0 Å². The number of unbranched alkanes of at least 4 members (excludes halogenated alkanes) is 15. The molecular weight excluding hydrogens is 318 g/mol. The van der Waals surface area contributed by atoms with Gasteiger partial charge >= 0.3 is 0 Å². The fourth-order valence-corrected chi connectivity index (χ4v) is 3.80. The molecule has 0 aromatic carbocycles. The van der Waals surface area contributed by atoms with Gasteiger partial charge in [0.25, 0.3) is 0 Å². The van der Waals surface area contributed by atoms with E-state index in [1.54, 1.807) is 0 Å². The zero-order valence-electron chi connectivity index (χ0n) is 17.9. The standard InChI is InChI=1S/C23H47N3/c1-3-4-5-6-7-8-9-10-11-12-13-14-15-16-17-18-19-23-25-20-22(26-23)21(2)24/h21-22H,3-20,24H2,1-2H3,(H,25,26). The van der Waals surface area contributed by atoms with Crippen molar-refractivity contribution in [2.45, 2.75) is 135 Å². The fourth-order valence-electron chi connectivity index (χ4n) is 3.80. The molecule has 3 nitrogen and oxygen atoms in total. The predicted molar refractivity (Wildman–Crippen MR) is 117 cm³/mol. The number of nitrogens with two attached hydrogens (primary N) is 1. The third kappa shape index (κ3) is 12.7. The number of amidine groups is 1. The van der Waals surface area contributed by atoms with Crippen molar-refractivity contribution in [2.75, 3.05) is 6.54 Å². The van der Waals surface area contributed by atoms with Gasteiger partial charge in [-0.05, 0) is 13.3 Å². The molecule has 2 unspecified atom stereocenters. The van der Waals surface area contributed by atoms with Gasteiger partial charge in [-0.1, -0.05) is 103 Å². The van der Waals surface area contributed by atoms with E-state index < -0.39 is 0 Å². The lowest BCUT2D eigenvalue weighted by molar-refractivity contribution is 0.529. The van der Waals surface area contributed by atoms with E-state index in [2.05, 4.69) is 24.2 Å². The molecule has 1 rings (SSSR count).